The SMILES string of the molecule is CC[C@@]1(C(=O)c2ccc(Cl)cc2)[C@@H]2c3cc(Br)ccc3OC(=O)[C@@]21C(C)=O. The molecule has 2 aromatic carbocycles. The Hall–Kier alpha value is -1.98. The summed E-state index contributed by atoms with van der Waals surface area (Å²) >= 11 is 9.37. The average Bonchev–Trinajstić information content (AvgIpc) is 3.29. The van der Waals surface area contributed by atoms with Gasteiger partial charge in [-0.25, -0.2) is 0 Å². The Morgan fingerprint density at radius 2 is 1.85 bits per heavy atom. The summed E-state index contributed by atoms with van der Waals surface area (Å²) < 4.78 is 6.31. The van der Waals surface area contributed by atoms with Crippen LogP contribution < -0.4 is 4.74 Å². The van der Waals surface area contributed by atoms with Crippen LogP contribution >= 0.6 is 27.5 Å². The predicted octanol–water partition coefficient (Wildman–Crippen LogP) is 4.97. The highest BCUT2D eigenvalue weighted by molar-refractivity contribution is 9.10. The fourth-order valence-electron chi connectivity index (χ4n) is 4.83. The van der Waals surface area contributed by atoms with Crippen molar-refractivity contribution in [1.82, 2.24) is 0 Å². The lowest BCUT2D eigenvalue weighted by atomic mass is 9.81. The van der Waals surface area contributed by atoms with Gasteiger partial charge in [0.2, 0.25) is 0 Å². The molecule has 1 fully saturated rings. The number of carbonyl (C=O) groups excluding carboxylic acids is 3. The van der Waals surface area contributed by atoms with Gasteiger partial charge in [0, 0.05) is 26.5 Å². The van der Waals surface area contributed by atoms with E-state index in [0.717, 1.165) is 4.47 Å². The number of ketones is 2. The van der Waals surface area contributed by atoms with Crippen LogP contribution in [0.4, 0.5) is 0 Å². The Kier molecular flexibility index (Phi) is 4.09. The van der Waals surface area contributed by atoms with Gasteiger partial charge in [-0.3, -0.25) is 14.4 Å². The van der Waals surface area contributed by atoms with Crippen LogP contribution in [0, 0.1) is 10.8 Å². The van der Waals surface area contributed by atoms with Crippen molar-refractivity contribution in [2.75, 3.05) is 0 Å². The summed E-state index contributed by atoms with van der Waals surface area (Å²) in [4.78, 5) is 39.3. The topological polar surface area (TPSA) is 60.4 Å². The fraction of sp³-hybridized carbons (Fsp3) is 0.286. The zero-order valence-corrected chi connectivity index (χ0v) is 17.1. The molecular weight excluding hydrogens is 432 g/mol. The molecule has 0 saturated heterocycles. The lowest BCUT2D eigenvalue weighted by Crippen LogP contribution is -2.38. The van der Waals surface area contributed by atoms with Crippen molar-refractivity contribution in [3.05, 3.63) is 63.1 Å². The Morgan fingerprint density at radius 1 is 1.19 bits per heavy atom. The number of benzene rings is 2. The zero-order chi connectivity index (χ0) is 19.6. The fourth-order valence-corrected chi connectivity index (χ4v) is 5.33. The predicted molar refractivity (Wildman–Crippen MR) is 104 cm³/mol. The summed E-state index contributed by atoms with van der Waals surface area (Å²) in [7, 11) is 0. The van der Waals surface area contributed by atoms with Crippen LogP contribution in [0.2, 0.25) is 5.02 Å². The Bertz CT molecular complexity index is 1000. The number of fused-ring (bicyclic) bond motifs is 3. The van der Waals surface area contributed by atoms with E-state index in [1.807, 2.05) is 13.0 Å². The van der Waals surface area contributed by atoms with Crippen LogP contribution in [-0.4, -0.2) is 17.5 Å². The van der Waals surface area contributed by atoms with Gasteiger partial charge in [-0.2, -0.15) is 0 Å². The second kappa shape index (κ2) is 6.01. The van der Waals surface area contributed by atoms with Gasteiger partial charge in [-0.05, 0) is 55.8 Å². The molecule has 138 valence electrons. The smallest absolute Gasteiger partial charge is 0.326 e. The molecule has 4 nitrogen and oxygen atoms in total. The Balaban J connectivity index is 1.95. The highest BCUT2D eigenvalue weighted by Gasteiger charge is 2.87. The minimum atomic E-state index is -1.48. The van der Waals surface area contributed by atoms with Gasteiger partial charge in [0.1, 0.15) is 16.9 Å². The molecule has 0 bridgehead atoms. The second-order valence-electron chi connectivity index (χ2n) is 7.03. The van der Waals surface area contributed by atoms with E-state index in [-0.39, 0.29) is 11.6 Å². The van der Waals surface area contributed by atoms with Gasteiger partial charge in [0.05, 0.1) is 5.41 Å². The largest absolute Gasteiger partial charge is 0.425 e. The maximum atomic E-state index is 13.6. The standard InChI is InChI=1S/C21H16BrClO4/c1-3-20(18(25)12-4-7-14(23)8-5-12)17-15-10-13(22)6-9-16(15)27-19(26)21(17,20)11(2)24/h4-10,17H,3H2,1-2H3/t17-,20-,21+/m0/s1. The third-order valence-electron chi connectivity index (χ3n) is 5.98. The van der Waals surface area contributed by atoms with Crippen molar-refractivity contribution in [3.8, 4) is 5.75 Å². The van der Waals surface area contributed by atoms with E-state index < -0.39 is 22.7 Å². The molecule has 6 heteroatoms. The van der Waals surface area contributed by atoms with E-state index in [0.29, 0.717) is 28.3 Å². The number of rotatable bonds is 4. The first-order valence-corrected chi connectivity index (χ1v) is 9.81. The van der Waals surface area contributed by atoms with Gasteiger partial charge in [-0.15, -0.1) is 0 Å². The molecule has 1 aliphatic carbocycles. The van der Waals surface area contributed by atoms with Crippen molar-refractivity contribution >= 4 is 45.1 Å². The van der Waals surface area contributed by atoms with Gasteiger partial charge >= 0.3 is 5.97 Å². The molecule has 1 heterocycles. The molecule has 0 amide bonds. The minimum Gasteiger partial charge on any atom is -0.425 e. The van der Waals surface area contributed by atoms with Crippen molar-refractivity contribution in [3.63, 3.8) is 0 Å². The summed E-state index contributed by atoms with van der Waals surface area (Å²) in [6.07, 6.45) is 0.347. The number of hydrogen-bond donors (Lipinski definition) is 0. The highest BCUT2D eigenvalue weighted by Crippen LogP contribution is 2.80. The normalized spacial score (nSPS) is 28.0. The van der Waals surface area contributed by atoms with Crippen molar-refractivity contribution in [1.29, 1.82) is 0 Å². The minimum absolute atomic E-state index is 0.230. The molecule has 2 aliphatic rings. The maximum absolute atomic E-state index is 13.6. The van der Waals surface area contributed by atoms with E-state index in [1.54, 1.807) is 36.4 Å². The van der Waals surface area contributed by atoms with Crippen LogP contribution in [0.25, 0.3) is 0 Å². The van der Waals surface area contributed by atoms with Crippen LogP contribution in [-0.2, 0) is 9.59 Å². The molecular formula is C21H16BrClO4. The molecule has 0 N–H and O–H groups in total. The first-order chi connectivity index (χ1) is 12.8. The van der Waals surface area contributed by atoms with Crippen LogP contribution in [0.15, 0.2) is 46.9 Å². The average molecular weight is 448 g/mol. The molecule has 27 heavy (non-hydrogen) atoms. The van der Waals surface area contributed by atoms with Crippen LogP contribution in [0.5, 0.6) is 5.75 Å². The quantitative estimate of drug-likeness (QED) is 0.287. The molecule has 0 spiro atoms. The third-order valence-corrected chi connectivity index (χ3v) is 6.72. The van der Waals surface area contributed by atoms with Gasteiger partial charge in [-0.1, -0.05) is 34.5 Å². The zero-order valence-electron chi connectivity index (χ0n) is 14.7. The third kappa shape index (κ3) is 2.18. The summed E-state index contributed by atoms with van der Waals surface area (Å²) in [5.41, 5.74) is -1.49. The highest BCUT2D eigenvalue weighted by atomic mass is 79.9. The van der Waals surface area contributed by atoms with E-state index >= 15 is 0 Å². The number of ether oxygens (including phenoxy) is 1. The number of hydrogen-bond acceptors (Lipinski definition) is 4. The number of Topliss-reactive ketones (excluding diaryl/α,β-unsaturated/α-hetero) is 2. The van der Waals surface area contributed by atoms with Crippen molar-refractivity contribution < 1.29 is 19.1 Å². The van der Waals surface area contributed by atoms with Gasteiger partial charge in [0.25, 0.3) is 0 Å². The van der Waals surface area contributed by atoms with E-state index in [1.165, 1.54) is 6.92 Å². The monoisotopic (exact) mass is 446 g/mol. The number of carbonyl (C=O) groups is 3. The summed E-state index contributed by atoms with van der Waals surface area (Å²) in [5.74, 6) is -1.34. The second-order valence-corrected chi connectivity index (χ2v) is 8.38. The molecule has 1 saturated carbocycles. The summed E-state index contributed by atoms with van der Waals surface area (Å²) in [6, 6.07) is 11.8. The lowest BCUT2D eigenvalue weighted by Gasteiger charge is -2.22. The van der Waals surface area contributed by atoms with Crippen LogP contribution in [0.1, 0.15) is 42.1 Å². The molecule has 0 unspecified atom stereocenters. The number of esters is 1. The lowest BCUT2D eigenvalue weighted by molar-refractivity contribution is -0.148. The van der Waals surface area contributed by atoms with Gasteiger partial charge < -0.3 is 4.74 Å². The maximum Gasteiger partial charge on any atom is 0.326 e. The van der Waals surface area contributed by atoms with Crippen molar-refractivity contribution in [2.24, 2.45) is 10.8 Å². The molecule has 4 rings (SSSR count). The first-order valence-electron chi connectivity index (χ1n) is 8.63. The molecule has 1 aliphatic heterocycles. The van der Waals surface area contributed by atoms with Crippen LogP contribution in [0.3, 0.4) is 0 Å². The summed E-state index contributed by atoms with van der Waals surface area (Å²) in [6.45, 7) is 3.20. The molecule has 0 aromatic heterocycles. The molecule has 2 aromatic rings. The Morgan fingerprint density at radius 3 is 2.44 bits per heavy atom. The molecule has 3 atom stereocenters. The Labute approximate surface area is 170 Å². The van der Waals surface area contributed by atoms with Crippen molar-refractivity contribution in [2.45, 2.75) is 26.2 Å². The van der Waals surface area contributed by atoms with E-state index in [2.05, 4.69) is 15.9 Å². The number of halogens is 2. The first kappa shape index (κ1) is 18.4. The summed E-state index contributed by atoms with van der Waals surface area (Å²) in [5, 5.41) is 0.514. The molecule has 0 radical (unpaired) electrons. The van der Waals surface area contributed by atoms with E-state index in [4.69, 9.17) is 16.3 Å². The van der Waals surface area contributed by atoms with E-state index in [9.17, 15) is 14.4 Å². The van der Waals surface area contributed by atoms with Gasteiger partial charge in [0.15, 0.2) is 5.78 Å².